The zero-order valence-corrected chi connectivity index (χ0v) is 19.4. The Bertz CT molecular complexity index is 963. The third-order valence-electron chi connectivity index (χ3n) is 3.94. The van der Waals surface area contributed by atoms with Crippen LogP contribution in [0.15, 0.2) is 29.2 Å². The third kappa shape index (κ3) is 7.09. The number of hydrogen-bond donors (Lipinski definition) is 0. The van der Waals surface area contributed by atoms with Crippen LogP contribution in [0.2, 0.25) is 0 Å². The lowest BCUT2D eigenvalue weighted by Crippen LogP contribution is -2.54. The standard InChI is InChI=1S/C20H27NO10S/c1-6-8-16(22)20(13-17(23)29-7-2,18(24)30-19(3,4)5)31-32(27,28)15-11-9-14(10-12-15)21(25)26/h9-12H,6-8,13H2,1-5H3. The van der Waals surface area contributed by atoms with Crippen molar-refractivity contribution in [1.82, 2.24) is 0 Å². The van der Waals surface area contributed by atoms with Gasteiger partial charge in [0.2, 0.25) is 0 Å². The van der Waals surface area contributed by atoms with Gasteiger partial charge in [-0.2, -0.15) is 8.42 Å². The molecule has 0 amide bonds. The van der Waals surface area contributed by atoms with E-state index in [9.17, 15) is 32.9 Å². The maximum atomic E-state index is 13.1. The van der Waals surface area contributed by atoms with E-state index < -0.39 is 55.3 Å². The average molecular weight is 474 g/mol. The number of hydrogen-bond acceptors (Lipinski definition) is 10. The topological polar surface area (TPSA) is 156 Å². The molecular formula is C20H27NO10S. The molecular weight excluding hydrogens is 446 g/mol. The highest BCUT2D eigenvalue weighted by molar-refractivity contribution is 7.86. The van der Waals surface area contributed by atoms with Crippen LogP contribution in [0.1, 0.15) is 53.9 Å². The number of carbonyl (C=O) groups is 3. The van der Waals surface area contributed by atoms with Crippen molar-refractivity contribution >= 4 is 33.5 Å². The molecule has 0 saturated carbocycles. The van der Waals surface area contributed by atoms with Crippen molar-refractivity contribution in [2.24, 2.45) is 0 Å². The first-order valence-electron chi connectivity index (χ1n) is 9.81. The molecule has 0 radical (unpaired) electrons. The summed E-state index contributed by atoms with van der Waals surface area (Å²) in [6.07, 6.45) is -1.08. The van der Waals surface area contributed by atoms with Crippen LogP contribution in [0.5, 0.6) is 0 Å². The SMILES string of the molecule is CCCC(=O)C(CC(=O)OCC)(OS(=O)(=O)c1ccc([N+](=O)[O-])cc1)C(=O)OC(C)(C)C. The molecule has 0 saturated heterocycles. The van der Waals surface area contributed by atoms with Crippen molar-refractivity contribution in [3.63, 3.8) is 0 Å². The quantitative estimate of drug-likeness (QED) is 0.154. The molecule has 0 aromatic heterocycles. The number of esters is 2. The van der Waals surface area contributed by atoms with E-state index >= 15 is 0 Å². The maximum absolute atomic E-state index is 13.1. The van der Waals surface area contributed by atoms with Crippen LogP contribution >= 0.6 is 0 Å². The molecule has 0 aliphatic heterocycles. The zero-order chi connectivity index (χ0) is 24.7. The van der Waals surface area contributed by atoms with Gasteiger partial charge >= 0.3 is 11.9 Å². The number of nitro groups is 1. The lowest BCUT2D eigenvalue weighted by molar-refractivity contribution is -0.384. The van der Waals surface area contributed by atoms with E-state index in [1.54, 1.807) is 6.92 Å². The van der Waals surface area contributed by atoms with Gasteiger partial charge in [0.15, 0.2) is 5.78 Å². The highest BCUT2D eigenvalue weighted by atomic mass is 32.2. The second kappa shape index (κ2) is 10.6. The molecule has 1 aromatic carbocycles. The van der Waals surface area contributed by atoms with Gasteiger partial charge in [0.1, 0.15) is 5.60 Å². The van der Waals surface area contributed by atoms with E-state index in [1.807, 2.05) is 0 Å². The van der Waals surface area contributed by atoms with Gasteiger partial charge < -0.3 is 9.47 Å². The van der Waals surface area contributed by atoms with E-state index in [0.29, 0.717) is 0 Å². The van der Waals surface area contributed by atoms with Gasteiger partial charge in [-0.3, -0.25) is 19.7 Å². The Balaban J connectivity index is 3.58. The summed E-state index contributed by atoms with van der Waals surface area (Å²) in [5.41, 5.74) is -4.34. The Hall–Kier alpha value is -2.86. The van der Waals surface area contributed by atoms with E-state index in [4.69, 9.17) is 13.7 Å². The molecule has 12 heteroatoms. The van der Waals surface area contributed by atoms with Gasteiger partial charge in [0.05, 0.1) is 22.8 Å². The summed E-state index contributed by atoms with van der Waals surface area (Å²) in [5.74, 6) is -3.38. The summed E-state index contributed by atoms with van der Waals surface area (Å²) in [6, 6.07) is 3.62. The molecule has 32 heavy (non-hydrogen) atoms. The fourth-order valence-electron chi connectivity index (χ4n) is 2.57. The first-order valence-corrected chi connectivity index (χ1v) is 11.2. The van der Waals surface area contributed by atoms with Gasteiger partial charge in [-0.15, -0.1) is 0 Å². The van der Waals surface area contributed by atoms with Crippen molar-refractivity contribution < 1.29 is 41.4 Å². The van der Waals surface area contributed by atoms with E-state index in [-0.39, 0.29) is 25.1 Å². The molecule has 0 heterocycles. The van der Waals surface area contributed by atoms with Gasteiger partial charge in [0, 0.05) is 18.6 Å². The summed E-state index contributed by atoms with van der Waals surface area (Å²) in [6.45, 7) is 7.52. The highest BCUT2D eigenvalue weighted by Crippen LogP contribution is 2.31. The number of ketones is 1. The normalized spacial score (nSPS) is 13.7. The Morgan fingerprint density at radius 2 is 1.62 bits per heavy atom. The van der Waals surface area contributed by atoms with E-state index in [0.717, 1.165) is 24.3 Å². The summed E-state index contributed by atoms with van der Waals surface area (Å²) in [4.78, 5) is 47.8. The second-order valence-electron chi connectivity index (χ2n) is 7.77. The molecule has 1 unspecified atom stereocenters. The van der Waals surface area contributed by atoms with Crippen molar-refractivity contribution in [2.45, 2.75) is 70.0 Å². The smallest absolute Gasteiger partial charge is 0.348 e. The summed E-state index contributed by atoms with van der Waals surface area (Å²) >= 11 is 0. The Morgan fingerprint density at radius 3 is 2.06 bits per heavy atom. The molecule has 1 rings (SSSR count). The molecule has 11 nitrogen and oxygen atoms in total. The van der Waals surface area contributed by atoms with E-state index in [2.05, 4.69) is 0 Å². The number of benzene rings is 1. The van der Waals surface area contributed by atoms with Crippen LogP contribution < -0.4 is 0 Å². The van der Waals surface area contributed by atoms with Crippen molar-refractivity contribution in [2.75, 3.05) is 6.61 Å². The molecule has 0 bridgehead atoms. The fraction of sp³-hybridized carbons (Fsp3) is 0.550. The number of carbonyl (C=O) groups excluding carboxylic acids is 3. The van der Waals surface area contributed by atoms with Crippen molar-refractivity contribution in [3.8, 4) is 0 Å². The molecule has 0 N–H and O–H groups in total. The minimum absolute atomic E-state index is 0.0830. The number of Topliss-reactive ketones (excluding diaryl/α,β-unsaturated/α-hetero) is 1. The first-order chi connectivity index (χ1) is 14.7. The fourth-order valence-corrected chi connectivity index (χ4v) is 3.73. The minimum atomic E-state index is -4.84. The van der Waals surface area contributed by atoms with Crippen LogP contribution in [-0.4, -0.2) is 48.9 Å². The highest BCUT2D eigenvalue weighted by Gasteiger charge is 2.54. The monoisotopic (exact) mass is 473 g/mol. The predicted octanol–water partition coefficient (Wildman–Crippen LogP) is 2.70. The number of nitrogens with zero attached hydrogens (tertiary/aromatic N) is 1. The van der Waals surface area contributed by atoms with Crippen molar-refractivity contribution in [3.05, 3.63) is 34.4 Å². The zero-order valence-electron chi connectivity index (χ0n) is 18.6. The minimum Gasteiger partial charge on any atom is -0.466 e. The Labute approximate surface area is 186 Å². The maximum Gasteiger partial charge on any atom is 0.348 e. The predicted molar refractivity (Wildman–Crippen MR) is 111 cm³/mol. The third-order valence-corrected chi connectivity index (χ3v) is 5.30. The Kier molecular flexibility index (Phi) is 9.03. The van der Waals surface area contributed by atoms with Crippen LogP contribution in [0.4, 0.5) is 5.69 Å². The molecule has 1 atom stereocenters. The lowest BCUT2D eigenvalue weighted by Gasteiger charge is -2.32. The number of ether oxygens (including phenoxy) is 2. The van der Waals surface area contributed by atoms with Crippen LogP contribution in [0, 0.1) is 10.1 Å². The van der Waals surface area contributed by atoms with Gasteiger partial charge in [0.25, 0.3) is 21.4 Å². The van der Waals surface area contributed by atoms with Crippen LogP contribution in [0.25, 0.3) is 0 Å². The van der Waals surface area contributed by atoms with Crippen LogP contribution in [-0.2, 0) is 38.2 Å². The van der Waals surface area contributed by atoms with E-state index in [1.165, 1.54) is 27.7 Å². The van der Waals surface area contributed by atoms with Crippen molar-refractivity contribution in [1.29, 1.82) is 0 Å². The molecule has 0 fully saturated rings. The lowest BCUT2D eigenvalue weighted by atomic mass is 9.91. The molecule has 0 spiro atoms. The van der Waals surface area contributed by atoms with Gasteiger partial charge in [-0.05, 0) is 46.2 Å². The molecule has 0 aliphatic rings. The summed E-state index contributed by atoms with van der Waals surface area (Å²) in [5, 5.41) is 10.8. The average Bonchev–Trinajstić information content (AvgIpc) is 2.66. The molecule has 178 valence electrons. The largest absolute Gasteiger partial charge is 0.466 e. The molecule has 0 aliphatic carbocycles. The molecule has 1 aromatic rings. The van der Waals surface area contributed by atoms with Crippen LogP contribution in [0.3, 0.4) is 0 Å². The number of non-ortho nitro benzene ring substituents is 1. The number of nitro benzene ring substituents is 1. The Morgan fingerprint density at radius 1 is 1.06 bits per heavy atom. The van der Waals surface area contributed by atoms with Gasteiger partial charge in [-0.1, -0.05) is 6.92 Å². The summed E-state index contributed by atoms with van der Waals surface area (Å²) in [7, 11) is -4.84. The second-order valence-corrected chi connectivity index (χ2v) is 9.32. The van der Waals surface area contributed by atoms with Gasteiger partial charge in [-0.25, -0.2) is 8.98 Å². The summed E-state index contributed by atoms with van der Waals surface area (Å²) < 4.78 is 41.1. The first kappa shape index (κ1) is 27.2. The number of rotatable bonds is 11.